The van der Waals surface area contributed by atoms with Gasteiger partial charge in [-0.2, -0.15) is 8.42 Å². The Labute approximate surface area is 183 Å². The van der Waals surface area contributed by atoms with Crippen molar-refractivity contribution in [3.63, 3.8) is 0 Å². The van der Waals surface area contributed by atoms with Crippen LogP contribution in [-0.4, -0.2) is 13.4 Å². The van der Waals surface area contributed by atoms with Gasteiger partial charge in [0.15, 0.2) is 5.75 Å². The molecule has 8 heteroatoms. The van der Waals surface area contributed by atoms with E-state index in [0.717, 1.165) is 5.56 Å². The van der Waals surface area contributed by atoms with Crippen LogP contribution in [0.1, 0.15) is 5.56 Å². The third kappa shape index (κ3) is 3.69. The normalized spacial score (nSPS) is 11.6. The third-order valence-corrected chi connectivity index (χ3v) is 6.45. The zero-order chi connectivity index (χ0) is 21.5. The summed E-state index contributed by atoms with van der Waals surface area (Å²) in [6, 6.07) is 17.9. The minimum absolute atomic E-state index is 0.0429. The first-order valence-corrected chi connectivity index (χ1v) is 11.0. The lowest BCUT2D eigenvalue weighted by Gasteiger charge is -2.15. The minimum atomic E-state index is -4.25. The van der Waals surface area contributed by atoms with E-state index < -0.39 is 15.7 Å². The smallest absolute Gasteiger partial charge is 0.339 e. The fourth-order valence-electron chi connectivity index (χ4n) is 3.11. The number of halogens is 2. The maximum Gasteiger partial charge on any atom is 0.339 e. The van der Waals surface area contributed by atoms with Gasteiger partial charge in [0.2, 0.25) is 0 Å². The van der Waals surface area contributed by atoms with Crippen molar-refractivity contribution in [3.8, 4) is 16.9 Å². The molecule has 4 rings (SSSR count). The van der Waals surface area contributed by atoms with Crippen molar-refractivity contribution in [2.45, 2.75) is 11.8 Å². The van der Waals surface area contributed by atoms with Gasteiger partial charge in [-0.25, -0.2) is 0 Å². The molecule has 0 atom stereocenters. The van der Waals surface area contributed by atoms with Gasteiger partial charge in [-0.15, -0.1) is 0 Å². The van der Waals surface area contributed by atoms with Crippen LogP contribution in [0.3, 0.4) is 0 Å². The molecule has 1 heterocycles. The van der Waals surface area contributed by atoms with E-state index in [4.69, 9.17) is 27.4 Å². The van der Waals surface area contributed by atoms with Crippen molar-refractivity contribution in [2.75, 3.05) is 0 Å². The van der Waals surface area contributed by atoms with Crippen molar-refractivity contribution < 1.29 is 12.6 Å². The first kappa shape index (κ1) is 20.5. The van der Waals surface area contributed by atoms with Crippen LogP contribution < -0.4 is 9.74 Å². The lowest BCUT2D eigenvalue weighted by Crippen LogP contribution is -2.16. The molecule has 30 heavy (non-hydrogen) atoms. The Morgan fingerprint density at radius 3 is 2.17 bits per heavy atom. The molecular formula is C22H15Cl2NO4S. The largest absolute Gasteiger partial charge is 0.377 e. The average Bonchev–Trinajstić information content (AvgIpc) is 2.71. The number of aromatic amines is 1. The molecule has 4 aromatic rings. The quantitative estimate of drug-likeness (QED) is 0.404. The van der Waals surface area contributed by atoms with Gasteiger partial charge in [0, 0.05) is 0 Å². The van der Waals surface area contributed by atoms with Crippen LogP contribution in [0.2, 0.25) is 10.0 Å². The third-order valence-electron chi connectivity index (χ3n) is 4.59. The summed E-state index contributed by atoms with van der Waals surface area (Å²) in [4.78, 5) is 15.6. The molecule has 0 saturated carbocycles. The first-order chi connectivity index (χ1) is 14.3. The summed E-state index contributed by atoms with van der Waals surface area (Å²) in [6.07, 6.45) is 0. The lowest BCUT2D eigenvalue weighted by atomic mass is 10.0. The molecule has 0 unspecified atom stereocenters. The summed E-state index contributed by atoms with van der Waals surface area (Å²) < 4.78 is 31.6. The van der Waals surface area contributed by atoms with Crippen molar-refractivity contribution in [3.05, 3.63) is 92.7 Å². The van der Waals surface area contributed by atoms with E-state index in [9.17, 15) is 13.2 Å². The summed E-state index contributed by atoms with van der Waals surface area (Å²) in [5.41, 5.74) is 1.07. The minimum Gasteiger partial charge on any atom is -0.377 e. The summed E-state index contributed by atoms with van der Waals surface area (Å²) in [5, 5.41) is 0.610. The van der Waals surface area contributed by atoms with Gasteiger partial charge in [-0.05, 0) is 36.8 Å². The molecule has 0 bridgehead atoms. The number of rotatable bonds is 4. The first-order valence-electron chi connectivity index (χ1n) is 8.88. The van der Waals surface area contributed by atoms with Crippen LogP contribution >= 0.6 is 23.2 Å². The Morgan fingerprint density at radius 1 is 0.867 bits per heavy atom. The molecule has 0 radical (unpaired) electrons. The summed E-state index contributed by atoms with van der Waals surface area (Å²) in [6.45, 7) is 1.84. The molecular weight excluding hydrogens is 445 g/mol. The number of hydrogen-bond donors (Lipinski definition) is 1. The van der Waals surface area contributed by atoms with Crippen LogP contribution in [0, 0.1) is 6.92 Å². The molecule has 0 aliphatic heterocycles. The average molecular weight is 460 g/mol. The SMILES string of the molecule is Cc1ccc(S(=O)(=O)Oc2c(-c3ccccc3)c(=O)[nH]c3c(Cl)ccc(Cl)c23)cc1. The van der Waals surface area contributed by atoms with Gasteiger partial charge < -0.3 is 9.17 Å². The fourth-order valence-corrected chi connectivity index (χ4v) is 4.51. The number of aryl methyl sites for hydroxylation is 1. The highest BCUT2D eigenvalue weighted by Crippen LogP contribution is 2.40. The summed E-state index contributed by atoms with van der Waals surface area (Å²) in [5.74, 6) is -0.173. The Bertz CT molecular complexity index is 1410. The Balaban J connectivity index is 2.05. The highest BCUT2D eigenvalue weighted by atomic mass is 35.5. The predicted molar refractivity (Wildman–Crippen MR) is 119 cm³/mol. The highest BCUT2D eigenvalue weighted by Gasteiger charge is 2.25. The fraction of sp³-hybridized carbons (Fsp3) is 0.0455. The number of aromatic nitrogens is 1. The second kappa shape index (κ2) is 7.80. The molecule has 0 aliphatic rings. The second-order valence-electron chi connectivity index (χ2n) is 6.65. The molecule has 152 valence electrons. The van der Waals surface area contributed by atoms with E-state index in [2.05, 4.69) is 4.98 Å². The van der Waals surface area contributed by atoms with Gasteiger partial charge >= 0.3 is 10.1 Å². The van der Waals surface area contributed by atoms with Crippen LogP contribution in [0.15, 0.2) is 76.4 Å². The van der Waals surface area contributed by atoms with Crippen molar-refractivity contribution in [1.82, 2.24) is 4.98 Å². The van der Waals surface area contributed by atoms with E-state index in [1.54, 1.807) is 42.5 Å². The molecule has 1 N–H and O–H groups in total. The molecule has 0 spiro atoms. The zero-order valence-corrected chi connectivity index (χ0v) is 18.0. The maximum atomic E-state index is 13.0. The predicted octanol–water partition coefficient (Wildman–Crippen LogP) is 5.58. The van der Waals surface area contributed by atoms with Crippen molar-refractivity contribution in [1.29, 1.82) is 0 Å². The van der Waals surface area contributed by atoms with E-state index in [1.165, 1.54) is 24.3 Å². The lowest BCUT2D eigenvalue weighted by molar-refractivity contribution is 0.489. The van der Waals surface area contributed by atoms with E-state index in [-0.39, 0.29) is 37.2 Å². The molecule has 0 amide bonds. The standard InChI is InChI=1S/C22H15Cl2NO4S/c1-13-7-9-15(10-8-13)30(27,28)29-21-18(14-5-3-2-4-6-14)22(26)25-20-17(24)12-11-16(23)19(20)21/h2-12H,1H3,(H,25,26). The molecule has 0 saturated heterocycles. The topological polar surface area (TPSA) is 76.2 Å². The Hall–Kier alpha value is -2.80. The maximum absolute atomic E-state index is 13.0. The van der Waals surface area contributed by atoms with Crippen LogP contribution in [0.25, 0.3) is 22.0 Å². The van der Waals surface area contributed by atoms with E-state index >= 15 is 0 Å². The van der Waals surface area contributed by atoms with Crippen LogP contribution in [0.5, 0.6) is 5.75 Å². The number of hydrogen-bond acceptors (Lipinski definition) is 4. The number of H-pyrrole nitrogens is 1. The molecule has 1 aromatic heterocycles. The number of pyridine rings is 1. The van der Waals surface area contributed by atoms with Crippen molar-refractivity contribution in [2.24, 2.45) is 0 Å². The molecule has 0 fully saturated rings. The van der Waals surface area contributed by atoms with Gasteiger partial charge in [0.25, 0.3) is 5.56 Å². The van der Waals surface area contributed by atoms with Gasteiger partial charge in [0.1, 0.15) is 4.90 Å². The van der Waals surface area contributed by atoms with E-state index in [1.807, 2.05) is 6.92 Å². The summed E-state index contributed by atoms with van der Waals surface area (Å²) >= 11 is 12.6. The van der Waals surface area contributed by atoms with Crippen molar-refractivity contribution >= 4 is 44.2 Å². The molecule has 3 aromatic carbocycles. The second-order valence-corrected chi connectivity index (χ2v) is 9.01. The zero-order valence-electron chi connectivity index (χ0n) is 15.6. The number of benzene rings is 3. The Morgan fingerprint density at radius 2 is 1.50 bits per heavy atom. The number of nitrogens with one attached hydrogen (secondary N) is 1. The van der Waals surface area contributed by atoms with Gasteiger partial charge in [-0.3, -0.25) is 4.79 Å². The number of fused-ring (bicyclic) bond motifs is 1. The van der Waals surface area contributed by atoms with Gasteiger partial charge in [-0.1, -0.05) is 71.2 Å². The summed E-state index contributed by atoms with van der Waals surface area (Å²) in [7, 11) is -4.25. The Kier molecular flexibility index (Phi) is 5.32. The monoisotopic (exact) mass is 459 g/mol. The van der Waals surface area contributed by atoms with Crippen LogP contribution in [0.4, 0.5) is 0 Å². The van der Waals surface area contributed by atoms with E-state index in [0.29, 0.717) is 5.56 Å². The highest BCUT2D eigenvalue weighted by molar-refractivity contribution is 7.87. The van der Waals surface area contributed by atoms with Gasteiger partial charge in [0.05, 0.1) is 26.5 Å². The van der Waals surface area contributed by atoms with Crippen LogP contribution in [-0.2, 0) is 10.1 Å². The molecule has 5 nitrogen and oxygen atoms in total. The molecule has 0 aliphatic carbocycles.